The van der Waals surface area contributed by atoms with E-state index < -0.39 is 4.92 Å². The molecule has 2 rings (SSSR count). The van der Waals surface area contributed by atoms with Crippen molar-refractivity contribution in [2.45, 2.75) is 32.2 Å². The second-order valence-corrected chi connectivity index (χ2v) is 6.13. The van der Waals surface area contributed by atoms with Crippen LogP contribution in [-0.4, -0.2) is 23.4 Å². The summed E-state index contributed by atoms with van der Waals surface area (Å²) in [5.74, 6) is 0.320. The fourth-order valence-corrected chi connectivity index (χ4v) is 2.90. The number of amides is 1. The largest absolute Gasteiger partial charge is 0.319 e. The Kier molecular flexibility index (Phi) is 5.30. The molecule has 1 fully saturated rings. The van der Waals surface area contributed by atoms with E-state index in [2.05, 4.69) is 33.5 Å². The number of nitro benzene ring substituents is 1. The lowest BCUT2D eigenvalue weighted by molar-refractivity contribution is -0.384. The molecule has 0 radical (unpaired) electrons. The molecule has 1 aliphatic rings. The van der Waals surface area contributed by atoms with Crippen LogP contribution in [0.2, 0.25) is 0 Å². The molecular weight excluding hydrogens is 338 g/mol. The van der Waals surface area contributed by atoms with E-state index in [0.29, 0.717) is 10.4 Å². The molecule has 2 unspecified atom stereocenters. The van der Waals surface area contributed by atoms with Crippen molar-refractivity contribution in [3.8, 4) is 0 Å². The highest BCUT2D eigenvalue weighted by molar-refractivity contribution is 9.10. The minimum atomic E-state index is -0.497. The molecule has 1 saturated heterocycles. The maximum Gasteiger partial charge on any atom is 0.293 e. The Morgan fingerprint density at radius 3 is 3.00 bits per heavy atom. The smallest absolute Gasteiger partial charge is 0.293 e. The quantitative estimate of drug-likeness (QED) is 0.641. The fraction of sp³-hybridized carbons (Fsp3) is 0.500. The molecule has 7 heteroatoms. The summed E-state index contributed by atoms with van der Waals surface area (Å²) in [5.41, 5.74) is 0.120. The van der Waals surface area contributed by atoms with Gasteiger partial charge in [-0.1, -0.05) is 29.3 Å². The zero-order valence-electron chi connectivity index (χ0n) is 11.8. The molecule has 0 aliphatic carbocycles. The number of carbonyl (C=O) groups is 1. The Bertz CT molecular complexity index is 550. The van der Waals surface area contributed by atoms with Crippen LogP contribution < -0.4 is 10.6 Å². The SMILES string of the molecule is CCC1CCNC(C(=O)Nc2ccc(Br)cc2[N+](=O)[O-])C1. The molecule has 0 bridgehead atoms. The van der Waals surface area contributed by atoms with Gasteiger partial charge in [0.1, 0.15) is 5.69 Å². The van der Waals surface area contributed by atoms with E-state index in [0.717, 1.165) is 25.8 Å². The molecule has 1 aromatic rings. The van der Waals surface area contributed by atoms with E-state index in [-0.39, 0.29) is 23.3 Å². The van der Waals surface area contributed by atoms with Gasteiger partial charge in [-0.3, -0.25) is 14.9 Å². The zero-order valence-corrected chi connectivity index (χ0v) is 13.4. The molecule has 0 spiro atoms. The van der Waals surface area contributed by atoms with Crippen molar-refractivity contribution in [3.05, 3.63) is 32.8 Å². The number of hydrogen-bond acceptors (Lipinski definition) is 4. The topological polar surface area (TPSA) is 84.3 Å². The number of benzene rings is 1. The van der Waals surface area contributed by atoms with Crippen molar-refractivity contribution >= 4 is 33.2 Å². The molecule has 114 valence electrons. The lowest BCUT2D eigenvalue weighted by Gasteiger charge is -2.28. The van der Waals surface area contributed by atoms with Crippen LogP contribution in [0.1, 0.15) is 26.2 Å². The van der Waals surface area contributed by atoms with E-state index in [1.165, 1.54) is 6.07 Å². The van der Waals surface area contributed by atoms with Crippen LogP contribution in [0.25, 0.3) is 0 Å². The van der Waals surface area contributed by atoms with E-state index in [1.807, 2.05) is 0 Å². The van der Waals surface area contributed by atoms with Crippen molar-refractivity contribution < 1.29 is 9.72 Å². The molecule has 21 heavy (non-hydrogen) atoms. The van der Waals surface area contributed by atoms with Gasteiger partial charge >= 0.3 is 0 Å². The van der Waals surface area contributed by atoms with E-state index >= 15 is 0 Å². The third kappa shape index (κ3) is 4.01. The first-order chi connectivity index (χ1) is 10.0. The summed E-state index contributed by atoms with van der Waals surface area (Å²) in [6.45, 7) is 2.92. The van der Waals surface area contributed by atoms with Crippen LogP contribution >= 0.6 is 15.9 Å². The molecule has 1 aromatic carbocycles. The molecule has 1 amide bonds. The summed E-state index contributed by atoms with van der Waals surface area (Å²) in [6, 6.07) is 4.32. The van der Waals surface area contributed by atoms with Gasteiger partial charge in [0, 0.05) is 10.5 Å². The monoisotopic (exact) mass is 355 g/mol. The average molecular weight is 356 g/mol. The predicted molar refractivity (Wildman–Crippen MR) is 84.2 cm³/mol. The summed E-state index contributed by atoms with van der Waals surface area (Å²) in [6.07, 6.45) is 2.88. The molecule has 2 atom stereocenters. The van der Waals surface area contributed by atoms with E-state index in [4.69, 9.17) is 0 Å². The lowest BCUT2D eigenvalue weighted by Crippen LogP contribution is -2.46. The molecule has 1 aliphatic heterocycles. The van der Waals surface area contributed by atoms with Crippen LogP contribution in [0, 0.1) is 16.0 Å². The van der Waals surface area contributed by atoms with Crippen LogP contribution in [0.4, 0.5) is 11.4 Å². The predicted octanol–water partition coefficient (Wildman–Crippen LogP) is 3.07. The number of hydrogen-bond donors (Lipinski definition) is 2. The van der Waals surface area contributed by atoms with Gasteiger partial charge in [0.15, 0.2) is 0 Å². The zero-order chi connectivity index (χ0) is 15.4. The number of piperidine rings is 1. The average Bonchev–Trinajstić information content (AvgIpc) is 2.48. The fourth-order valence-electron chi connectivity index (χ4n) is 2.55. The third-order valence-corrected chi connectivity index (χ3v) is 4.31. The van der Waals surface area contributed by atoms with Crippen molar-refractivity contribution in [2.24, 2.45) is 5.92 Å². The number of halogens is 1. The van der Waals surface area contributed by atoms with Gasteiger partial charge in [0.2, 0.25) is 5.91 Å². The van der Waals surface area contributed by atoms with Crippen molar-refractivity contribution in [2.75, 3.05) is 11.9 Å². The van der Waals surface area contributed by atoms with Crippen molar-refractivity contribution in [3.63, 3.8) is 0 Å². The maximum atomic E-state index is 12.3. The van der Waals surface area contributed by atoms with Crippen LogP contribution in [-0.2, 0) is 4.79 Å². The van der Waals surface area contributed by atoms with E-state index in [9.17, 15) is 14.9 Å². The minimum Gasteiger partial charge on any atom is -0.319 e. The van der Waals surface area contributed by atoms with Crippen LogP contribution in [0.15, 0.2) is 22.7 Å². The second-order valence-electron chi connectivity index (χ2n) is 5.21. The lowest BCUT2D eigenvalue weighted by atomic mass is 9.90. The van der Waals surface area contributed by atoms with E-state index in [1.54, 1.807) is 12.1 Å². The summed E-state index contributed by atoms with van der Waals surface area (Å²) in [7, 11) is 0. The number of nitro groups is 1. The highest BCUT2D eigenvalue weighted by Gasteiger charge is 2.27. The Hall–Kier alpha value is -1.47. The number of nitrogens with one attached hydrogen (secondary N) is 2. The Labute approximate surface area is 131 Å². The van der Waals surface area contributed by atoms with Gasteiger partial charge in [-0.15, -0.1) is 0 Å². The van der Waals surface area contributed by atoms with Gasteiger partial charge in [0.25, 0.3) is 5.69 Å². The Morgan fingerprint density at radius 2 is 2.33 bits per heavy atom. The van der Waals surface area contributed by atoms with Crippen LogP contribution in [0.3, 0.4) is 0 Å². The Balaban J connectivity index is 2.11. The molecule has 6 nitrogen and oxygen atoms in total. The van der Waals surface area contributed by atoms with Gasteiger partial charge in [-0.2, -0.15) is 0 Å². The standard InChI is InChI=1S/C14H18BrN3O3/c1-2-9-5-6-16-12(7-9)14(19)17-11-4-3-10(15)8-13(11)18(20)21/h3-4,8-9,12,16H,2,5-7H2,1H3,(H,17,19). The van der Waals surface area contributed by atoms with Crippen molar-refractivity contribution in [1.29, 1.82) is 0 Å². The number of rotatable bonds is 4. The third-order valence-electron chi connectivity index (χ3n) is 3.82. The molecule has 0 aromatic heterocycles. The second kappa shape index (κ2) is 7.00. The summed E-state index contributed by atoms with van der Waals surface area (Å²) in [4.78, 5) is 22.8. The first-order valence-electron chi connectivity index (χ1n) is 6.99. The van der Waals surface area contributed by atoms with Gasteiger partial charge in [0.05, 0.1) is 11.0 Å². The molecule has 0 saturated carbocycles. The maximum absolute atomic E-state index is 12.3. The summed E-state index contributed by atoms with van der Waals surface area (Å²) >= 11 is 3.20. The summed E-state index contributed by atoms with van der Waals surface area (Å²) < 4.78 is 0.606. The number of carbonyl (C=O) groups excluding carboxylic acids is 1. The number of anilines is 1. The normalized spacial score (nSPS) is 21.8. The highest BCUT2D eigenvalue weighted by atomic mass is 79.9. The molecule has 1 heterocycles. The summed E-state index contributed by atoms with van der Waals surface area (Å²) in [5, 5.41) is 16.9. The van der Waals surface area contributed by atoms with Gasteiger partial charge in [-0.25, -0.2) is 0 Å². The molecule has 2 N–H and O–H groups in total. The number of nitrogens with zero attached hydrogens (tertiary/aromatic N) is 1. The van der Waals surface area contributed by atoms with Gasteiger partial charge in [-0.05, 0) is 37.4 Å². The first-order valence-corrected chi connectivity index (χ1v) is 7.78. The first kappa shape index (κ1) is 15.9. The minimum absolute atomic E-state index is 0.111. The van der Waals surface area contributed by atoms with Crippen molar-refractivity contribution in [1.82, 2.24) is 5.32 Å². The molecular formula is C14H18BrN3O3. The van der Waals surface area contributed by atoms with Gasteiger partial charge < -0.3 is 10.6 Å². The Morgan fingerprint density at radius 1 is 1.57 bits per heavy atom. The highest BCUT2D eigenvalue weighted by Crippen LogP contribution is 2.28. The van der Waals surface area contributed by atoms with Crippen LogP contribution in [0.5, 0.6) is 0 Å².